The number of carbonyl (C=O) groups excluding carboxylic acids is 1. The minimum absolute atomic E-state index is 0.0693. The molecule has 0 amide bonds. The number of carbonyl (C=O) groups is 1. The fourth-order valence-corrected chi connectivity index (χ4v) is 1.60. The highest BCUT2D eigenvalue weighted by molar-refractivity contribution is 7.80. The van der Waals surface area contributed by atoms with Gasteiger partial charge in [0, 0.05) is 12.4 Å². The number of rotatable bonds is 0. The van der Waals surface area contributed by atoms with Crippen LogP contribution in [0.15, 0.2) is 46.7 Å². The molecular formula is C13H10F6N2OS2. The van der Waals surface area contributed by atoms with Gasteiger partial charge in [-0.05, 0) is 24.3 Å². The first kappa shape index (κ1) is 22.2. The van der Waals surface area contributed by atoms with E-state index in [1.807, 2.05) is 6.79 Å². The minimum atomic E-state index is -4.31. The summed E-state index contributed by atoms with van der Waals surface area (Å²) in [6, 6.07) is 3.56. The van der Waals surface area contributed by atoms with Gasteiger partial charge < -0.3 is 4.79 Å². The molecule has 0 aliphatic heterocycles. The average Bonchev–Trinajstić information content (AvgIpc) is 2.48. The molecule has 0 saturated carbocycles. The van der Waals surface area contributed by atoms with Crippen molar-refractivity contribution < 1.29 is 31.1 Å². The van der Waals surface area contributed by atoms with Crippen LogP contribution in [0.2, 0.25) is 0 Å². The summed E-state index contributed by atoms with van der Waals surface area (Å²) in [4.78, 5) is 15.0. The van der Waals surface area contributed by atoms with E-state index in [-0.39, 0.29) is 10.1 Å². The van der Waals surface area contributed by atoms with Crippen LogP contribution in [0.3, 0.4) is 0 Å². The molecule has 0 aliphatic carbocycles. The monoisotopic (exact) mass is 388 g/mol. The van der Waals surface area contributed by atoms with Gasteiger partial charge in [0.25, 0.3) is 0 Å². The van der Waals surface area contributed by atoms with E-state index >= 15 is 0 Å². The molecule has 0 saturated heterocycles. The Labute approximate surface area is 143 Å². The van der Waals surface area contributed by atoms with Gasteiger partial charge >= 0.3 is 12.4 Å². The van der Waals surface area contributed by atoms with Gasteiger partial charge in [-0.3, -0.25) is 9.97 Å². The van der Waals surface area contributed by atoms with Gasteiger partial charge in [0.15, 0.2) is 0 Å². The molecule has 2 rings (SSSR count). The number of nitrogens with zero attached hydrogens (tertiary/aromatic N) is 2. The Kier molecular flexibility index (Phi) is 8.83. The number of halogens is 6. The number of aromatic nitrogens is 2. The molecule has 2 heterocycles. The summed E-state index contributed by atoms with van der Waals surface area (Å²) in [6.07, 6.45) is -6.46. The molecular weight excluding hydrogens is 378 g/mol. The molecule has 132 valence electrons. The molecule has 11 heteroatoms. The second-order valence-electron chi connectivity index (χ2n) is 3.80. The van der Waals surface area contributed by atoms with E-state index in [0.29, 0.717) is 0 Å². The Balaban J connectivity index is 0.000000400. The third kappa shape index (κ3) is 8.20. The standard InChI is InChI=1S/2C6H4F3NS.CH2O/c2*7-6(8,9)4-1-2-10-5(11)3-4;1-2/h2*1-3H,(H,10,11);1H2. The molecule has 0 aliphatic rings. The highest BCUT2D eigenvalue weighted by atomic mass is 32.1. The van der Waals surface area contributed by atoms with E-state index in [1.165, 1.54) is 0 Å². The highest BCUT2D eigenvalue weighted by Crippen LogP contribution is 2.30. The van der Waals surface area contributed by atoms with Gasteiger partial charge in [0.1, 0.15) is 6.79 Å². The van der Waals surface area contributed by atoms with Gasteiger partial charge in [-0.25, -0.2) is 0 Å². The SMILES string of the molecule is C=O.FC(F)(F)c1ccnc(S)c1.FC(F)(F)c1ccnc(S)c1. The summed E-state index contributed by atoms with van der Waals surface area (Å²) >= 11 is 7.35. The van der Waals surface area contributed by atoms with E-state index in [0.717, 1.165) is 36.7 Å². The molecule has 0 unspecified atom stereocenters. The Morgan fingerprint density at radius 2 is 1.04 bits per heavy atom. The topological polar surface area (TPSA) is 42.9 Å². The average molecular weight is 388 g/mol. The predicted octanol–water partition coefficient (Wildman–Crippen LogP) is 4.59. The Morgan fingerprint density at radius 1 is 0.750 bits per heavy atom. The van der Waals surface area contributed by atoms with Crippen molar-refractivity contribution in [2.45, 2.75) is 22.4 Å². The summed E-state index contributed by atoms with van der Waals surface area (Å²) in [5.41, 5.74) is -1.45. The molecule has 0 N–H and O–H groups in total. The molecule has 2 aromatic rings. The van der Waals surface area contributed by atoms with Crippen molar-refractivity contribution in [2.75, 3.05) is 0 Å². The van der Waals surface area contributed by atoms with Crippen molar-refractivity contribution >= 4 is 32.0 Å². The van der Waals surface area contributed by atoms with E-state index in [2.05, 4.69) is 35.2 Å². The summed E-state index contributed by atoms with van der Waals surface area (Å²) in [6.45, 7) is 2.00. The molecule has 3 nitrogen and oxygen atoms in total. The van der Waals surface area contributed by atoms with Crippen molar-refractivity contribution in [1.29, 1.82) is 0 Å². The molecule has 24 heavy (non-hydrogen) atoms. The van der Waals surface area contributed by atoms with Gasteiger partial charge in [-0.15, -0.1) is 25.3 Å². The largest absolute Gasteiger partial charge is 0.416 e. The quantitative estimate of drug-likeness (QED) is 0.512. The summed E-state index contributed by atoms with van der Waals surface area (Å²) < 4.78 is 71.4. The highest BCUT2D eigenvalue weighted by Gasteiger charge is 2.31. The van der Waals surface area contributed by atoms with Crippen molar-refractivity contribution in [3.05, 3.63) is 47.8 Å². The summed E-state index contributed by atoms with van der Waals surface area (Å²) in [5.74, 6) is 0. The molecule has 0 atom stereocenters. The number of pyridine rings is 2. The molecule has 0 bridgehead atoms. The van der Waals surface area contributed by atoms with Gasteiger partial charge in [0.2, 0.25) is 0 Å². The predicted molar refractivity (Wildman–Crippen MR) is 80.1 cm³/mol. The van der Waals surface area contributed by atoms with E-state index in [4.69, 9.17) is 4.79 Å². The summed E-state index contributed by atoms with van der Waals surface area (Å²) in [5, 5.41) is 0.139. The maximum atomic E-state index is 11.9. The lowest BCUT2D eigenvalue weighted by Crippen LogP contribution is -2.04. The fraction of sp³-hybridized carbons (Fsp3) is 0.154. The number of thiol groups is 2. The zero-order valence-corrected chi connectivity index (χ0v) is 13.4. The number of alkyl halides is 6. The molecule has 2 aromatic heterocycles. The van der Waals surface area contributed by atoms with Crippen LogP contribution in [0, 0.1) is 0 Å². The first-order valence-electron chi connectivity index (χ1n) is 5.73. The Bertz CT molecular complexity index is 593. The third-order valence-electron chi connectivity index (χ3n) is 2.15. The molecule has 0 aromatic carbocycles. The van der Waals surface area contributed by atoms with Crippen LogP contribution >= 0.6 is 25.3 Å². The van der Waals surface area contributed by atoms with Crippen LogP contribution in [0.25, 0.3) is 0 Å². The molecule has 0 fully saturated rings. The van der Waals surface area contributed by atoms with Crippen molar-refractivity contribution in [2.24, 2.45) is 0 Å². The van der Waals surface area contributed by atoms with Crippen LogP contribution in [0.4, 0.5) is 26.3 Å². The van der Waals surface area contributed by atoms with E-state index in [1.54, 1.807) is 0 Å². The fourth-order valence-electron chi connectivity index (χ4n) is 1.19. The lowest BCUT2D eigenvalue weighted by atomic mass is 10.3. The second-order valence-corrected chi connectivity index (χ2v) is 4.72. The number of hydrogen-bond acceptors (Lipinski definition) is 5. The normalized spacial score (nSPS) is 10.8. The van der Waals surface area contributed by atoms with Crippen molar-refractivity contribution in [3.63, 3.8) is 0 Å². The van der Waals surface area contributed by atoms with Crippen LogP contribution < -0.4 is 0 Å². The lowest BCUT2D eigenvalue weighted by Gasteiger charge is -2.05. The van der Waals surface area contributed by atoms with Gasteiger partial charge in [-0.2, -0.15) is 26.3 Å². The zero-order chi connectivity index (χ0) is 19.0. The minimum Gasteiger partial charge on any atom is -0.307 e. The van der Waals surface area contributed by atoms with E-state index < -0.39 is 23.5 Å². The number of hydrogen-bond donors (Lipinski definition) is 2. The Hall–Kier alpha value is -1.75. The van der Waals surface area contributed by atoms with Crippen LogP contribution in [-0.4, -0.2) is 16.8 Å². The van der Waals surface area contributed by atoms with Gasteiger partial charge in [-0.1, -0.05) is 0 Å². The van der Waals surface area contributed by atoms with Crippen LogP contribution in [0.1, 0.15) is 11.1 Å². The lowest BCUT2D eigenvalue weighted by molar-refractivity contribution is -0.138. The van der Waals surface area contributed by atoms with Crippen LogP contribution in [-0.2, 0) is 17.1 Å². The summed E-state index contributed by atoms with van der Waals surface area (Å²) in [7, 11) is 0. The molecule has 0 spiro atoms. The second kappa shape index (κ2) is 9.52. The first-order chi connectivity index (χ1) is 11.0. The third-order valence-corrected chi connectivity index (χ3v) is 2.63. The van der Waals surface area contributed by atoms with Crippen molar-refractivity contribution in [3.8, 4) is 0 Å². The van der Waals surface area contributed by atoms with Crippen LogP contribution in [0.5, 0.6) is 0 Å². The van der Waals surface area contributed by atoms with E-state index in [9.17, 15) is 26.3 Å². The Morgan fingerprint density at radius 3 is 1.21 bits per heavy atom. The smallest absolute Gasteiger partial charge is 0.307 e. The van der Waals surface area contributed by atoms with Crippen molar-refractivity contribution in [1.82, 2.24) is 9.97 Å². The maximum absolute atomic E-state index is 11.9. The maximum Gasteiger partial charge on any atom is 0.416 e. The zero-order valence-electron chi connectivity index (χ0n) is 11.6. The van der Waals surface area contributed by atoms with Gasteiger partial charge in [0.05, 0.1) is 21.2 Å². The molecule has 0 radical (unpaired) electrons. The first-order valence-corrected chi connectivity index (χ1v) is 6.63.